The summed E-state index contributed by atoms with van der Waals surface area (Å²) < 4.78 is 10.7. The number of fused-ring (bicyclic) bond motifs is 1. The third kappa shape index (κ3) is 1.47. The highest BCUT2D eigenvalue weighted by atomic mass is 16.6. The predicted octanol–water partition coefficient (Wildman–Crippen LogP) is 0.554. The van der Waals surface area contributed by atoms with Crippen LogP contribution in [0.5, 0.6) is 17.2 Å². The molecule has 0 aliphatic carbocycles. The van der Waals surface area contributed by atoms with Gasteiger partial charge in [-0.05, 0) is 12.1 Å². The van der Waals surface area contributed by atoms with Crippen molar-refractivity contribution in [2.45, 2.75) is 6.61 Å². The summed E-state index contributed by atoms with van der Waals surface area (Å²) in [4.78, 5) is 4.48. The number of phenolic OH excluding ortho intramolecular Hbond substituents is 1. The predicted molar refractivity (Wildman–Crippen MR) is 48.1 cm³/mol. The van der Waals surface area contributed by atoms with Crippen LogP contribution in [-0.2, 0) is 11.4 Å². The molecule has 0 aromatic heterocycles. The Balaban J connectivity index is 2.43. The van der Waals surface area contributed by atoms with Gasteiger partial charge in [0.05, 0.1) is 5.56 Å². The van der Waals surface area contributed by atoms with Gasteiger partial charge in [0.2, 0.25) is 0 Å². The fraction of sp³-hybridized carbons (Fsp3) is 0.333. The van der Waals surface area contributed by atoms with Crippen LogP contribution in [0.4, 0.5) is 0 Å². The van der Waals surface area contributed by atoms with E-state index in [-0.39, 0.29) is 12.4 Å². The van der Waals surface area contributed by atoms with Gasteiger partial charge in [0, 0.05) is 0 Å². The molecule has 1 aliphatic rings. The molecule has 5 heteroatoms. The summed E-state index contributed by atoms with van der Waals surface area (Å²) in [7, 11) is 0. The van der Waals surface area contributed by atoms with E-state index >= 15 is 0 Å². The highest BCUT2D eigenvalue weighted by molar-refractivity contribution is 5.53. The summed E-state index contributed by atoms with van der Waals surface area (Å²) >= 11 is 0. The maximum Gasteiger partial charge on any atom is 0.170 e. The third-order valence-electron chi connectivity index (χ3n) is 2.01. The largest absolute Gasteiger partial charge is 0.507 e. The topological polar surface area (TPSA) is 73.9 Å². The van der Waals surface area contributed by atoms with Gasteiger partial charge in [-0.2, -0.15) is 0 Å². The SMILES string of the molecule is NOCc1c(O)ccc2c1OCCO2. The van der Waals surface area contributed by atoms with E-state index < -0.39 is 0 Å². The van der Waals surface area contributed by atoms with Crippen LogP contribution < -0.4 is 15.4 Å². The molecule has 76 valence electrons. The van der Waals surface area contributed by atoms with Crippen LogP contribution in [0.1, 0.15) is 5.56 Å². The van der Waals surface area contributed by atoms with Gasteiger partial charge >= 0.3 is 0 Å². The molecule has 0 amide bonds. The van der Waals surface area contributed by atoms with Crippen molar-refractivity contribution in [3.8, 4) is 17.2 Å². The Kier molecular flexibility index (Phi) is 2.43. The van der Waals surface area contributed by atoms with Gasteiger partial charge in [0.1, 0.15) is 25.6 Å². The number of rotatable bonds is 2. The van der Waals surface area contributed by atoms with Crippen LogP contribution in [0.3, 0.4) is 0 Å². The Morgan fingerprint density at radius 1 is 1.36 bits per heavy atom. The first-order valence-electron chi connectivity index (χ1n) is 4.25. The molecule has 0 fully saturated rings. The van der Waals surface area contributed by atoms with Gasteiger partial charge < -0.3 is 14.6 Å². The van der Waals surface area contributed by atoms with E-state index in [1.807, 2.05) is 0 Å². The summed E-state index contributed by atoms with van der Waals surface area (Å²) in [6, 6.07) is 3.19. The average molecular weight is 197 g/mol. The molecule has 0 saturated carbocycles. The minimum absolute atomic E-state index is 0.0956. The van der Waals surface area contributed by atoms with E-state index in [1.165, 1.54) is 6.07 Å². The van der Waals surface area contributed by atoms with Crippen molar-refractivity contribution >= 4 is 0 Å². The third-order valence-corrected chi connectivity index (χ3v) is 2.01. The zero-order valence-corrected chi connectivity index (χ0v) is 7.53. The van der Waals surface area contributed by atoms with Gasteiger partial charge in [-0.3, -0.25) is 4.84 Å². The molecule has 3 N–H and O–H groups in total. The number of nitrogens with two attached hydrogens (primary N) is 1. The first-order valence-corrected chi connectivity index (χ1v) is 4.25. The maximum absolute atomic E-state index is 9.53. The lowest BCUT2D eigenvalue weighted by Crippen LogP contribution is -2.17. The molecule has 1 aromatic carbocycles. The summed E-state index contributed by atoms with van der Waals surface area (Å²) in [6.45, 7) is 1.08. The lowest BCUT2D eigenvalue weighted by molar-refractivity contribution is 0.113. The normalized spacial score (nSPS) is 14.1. The summed E-state index contributed by atoms with van der Waals surface area (Å²) in [6.07, 6.45) is 0. The van der Waals surface area contributed by atoms with Crippen molar-refractivity contribution in [3.05, 3.63) is 17.7 Å². The summed E-state index contributed by atoms with van der Waals surface area (Å²) in [5, 5.41) is 9.53. The number of aromatic hydroxyl groups is 1. The smallest absolute Gasteiger partial charge is 0.170 e. The fourth-order valence-electron chi connectivity index (χ4n) is 1.39. The summed E-state index contributed by atoms with van der Waals surface area (Å²) in [5.74, 6) is 6.18. The molecular formula is C9H11NO4. The van der Waals surface area contributed by atoms with Crippen LogP contribution >= 0.6 is 0 Å². The van der Waals surface area contributed by atoms with Crippen molar-refractivity contribution in [2.24, 2.45) is 5.90 Å². The Morgan fingerprint density at radius 2 is 2.14 bits per heavy atom. The van der Waals surface area contributed by atoms with E-state index in [1.54, 1.807) is 6.07 Å². The van der Waals surface area contributed by atoms with Crippen molar-refractivity contribution < 1.29 is 19.4 Å². The van der Waals surface area contributed by atoms with Gasteiger partial charge in [0.15, 0.2) is 11.5 Å². The van der Waals surface area contributed by atoms with Crippen molar-refractivity contribution in [2.75, 3.05) is 13.2 Å². The van der Waals surface area contributed by atoms with E-state index in [0.717, 1.165) is 0 Å². The molecule has 14 heavy (non-hydrogen) atoms. The number of hydrogen-bond donors (Lipinski definition) is 2. The molecular weight excluding hydrogens is 186 g/mol. The lowest BCUT2D eigenvalue weighted by atomic mass is 10.1. The molecule has 1 aromatic rings. The second-order valence-electron chi connectivity index (χ2n) is 2.90. The Bertz CT molecular complexity index is 340. The minimum Gasteiger partial charge on any atom is -0.507 e. The van der Waals surface area contributed by atoms with Crippen molar-refractivity contribution in [1.82, 2.24) is 0 Å². The second kappa shape index (κ2) is 3.73. The Labute approximate surface area is 80.9 Å². The summed E-state index contributed by atoms with van der Waals surface area (Å²) in [5.41, 5.74) is 0.518. The number of benzene rings is 1. The van der Waals surface area contributed by atoms with Crippen molar-refractivity contribution in [1.29, 1.82) is 0 Å². The van der Waals surface area contributed by atoms with E-state index in [4.69, 9.17) is 15.4 Å². The molecule has 2 rings (SSSR count). The molecule has 0 unspecified atom stereocenters. The van der Waals surface area contributed by atoms with Crippen LogP contribution in [-0.4, -0.2) is 18.3 Å². The van der Waals surface area contributed by atoms with E-state index in [9.17, 15) is 5.11 Å². The van der Waals surface area contributed by atoms with Crippen LogP contribution in [0, 0.1) is 0 Å². The molecule has 0 bridgehead atoms. The van der Waals surface area contributed by atoms with Crippen LogP contribution in [0.2, 0.25) is 0 Å². The zero-order chi connectivity index (χ0) is 9.97. The van der Waals surface area contributed by atoms with Gasteiger partial charge in [-0.25, -0.2) is 5.90 Å². The van der Waals surface area contributed by atoms with Gasteiger partial charge in [-0.15, -0.1) is 0 Å². The molecule has 0 atom stereocenters. The minimum atomic E-state index is 0.0956. The molecule has 0 saturated heterocycles. The first-order chi connectivity index (χ1) is 6.83. The van der Waals surface area contributed by atoms with E-state index in [0.29, 0.717) is 30.3 Å². The van der Waals surface area contributed by atoms with E-state index in [2.05, 4.69) is 4.84 Å². The van der Waals surface area contributed by atoms with Gasteiger partial charge in [0.25, 0.3) is 0 Å². The van der Waals surface area contributed by atoms with Crippen LogP contribution in [0.25, 0.3) is 0 Å². The highest BCUT2D eigenvalue weighted by Crippen LogP contribution is 2.38. The number of phenols is 1. The van der Waals surface area contributed by atoms with Gasteiger partial charge in [-0.1, -0.05) is 0 Å². The Morgan fingerprint density at radius 3 is 2.93 bits per heavy atom. The highest BCUT2D eigenvalue weighted by Gasteiger charge is 2.18. The second-order valence-corrected chi connectivity index (χ2v) is 2.90. The molecule has 5 nitrogen and oxygen atoms in total. The number of hydrogen-bond acceptors (Lipinski definition) is 5. The molecule has 1 aliphatic heterocycles. The fourth-order valence-corrected chi connectivity index (χ4v) is 1.39. The first kappa shape index (κ1) is 9.11. The monoisotopic (exact) mass is 197 g/mol. The number of ether oxygens (including phenoxy) is 2. The zero-order valence-electron chi connectivity index (χ0n) is 7.53. The van der Waals surface area contributed by atoms with Crippen molar-refractivity contribution in [3.63, 3.8) is 0 Å². The molecule has 1 heterocycles. The molecule has 0 spiro atoms. The standard InChI is InChI=1S/C9H11NO4/c10-14-5-6-7(11)1-2-8-9(6)13-4-3-12-8/h1-2,11H,3-5,10H2. The van der Waals surface area contributed by atoms with Crippen LogP contribution in [0.15, 0.2) is 12.1 Å². The average Bonchev–Trinajstić information content (AvgIpc) is 2.23. The molecule has 0 radical (unpaired) electrons. The maximum atomic E-state index is 9.53. The Hall–Kier alpha value is -1.46. The lowest BCUT2D eigenvalue weighted by Gasteiger charge is -2.21. The quantitative estimate of drug-likeness (QED) is 0.677.